The van der Waals surface area contributed by atoms with E-state index >= 15 is 0 Å². The lowest BCUT2D eigenvalue weighted by Crippen LogP contribution is -2.37. The number of nitrogens with zero attached hydrogens (tertiary/aromatic N) is 2. The molecule has 0 N–H and O–H groups in total. The zero-order chi connectivity index (χ0) is 13.0. The normalized spacial score (nSPS) is 16.3. The van der Waals surface area contributed by atoms with Gasteiger partial charge in [0, 0.05) is 6.42 Å². The molecule has 1 aliphatic rings. The fraction of sp³-hybridized carbons (Fsp3) is 0.417. The molecule has 18 heavy (non-hydrogen) atoms. The minimum Gasteiger partial charge on any atom is -0.272 e. The van der Waals surface area contributed by atoms with E-state index in [1.165, 1.54) is 5.06 Å². The van der Waals surface area contributed by atoms with Crippen LogP contribution in [0, 0.1) is 4.91 Å². The van der Waals surface area contributed by atoms with Crippen molar-refractivity contribution in [3.63, 3.8) is 0 Å². The number of amides is 1. The zero-order valence-corrected chi connectivity index (χ0v) is 10.5. The van der Waals surface area contributed by atoms with Gasteiger partial charge >= 0.3 is 0 Å². The average molecular weight is 269 g/mol. The van der Waals surface area contributed by atoms with E-state index < -0.39 is 6.04 Å². The van der Waals surface area contributed by atoms with Crippen molar-refractivity contribution in [3.05, 3.63) is 34.7 Å². The molecule has 1 unspecified atom stereocenters. The topological polar surface area (TPSA) is 59.0 Å². The highest BCUT2D eigenvalue weighted by atomic mass is 35.5. The van der Waals surface area contributed by atoms with Gasteiger partial charge in [0.2, 0.25) is 0 Å². The van der Waals surface area contributed by atoms with Gasteiger partial charge < -0.3 is 0 Å². The molecule has 1 aromatic rings. The van der Waals surface area contributed by atoms with E-state index in [9.17, 15) is 9.70 Å². The second-order valence-electron chi connectivity index (χ2n) is 4.03. The Balaban J connectivity index is 2.12. The standard InChI is InChI=1S/C12H13ClN2O3/c13-7-10(14-17)8-18-15-11-4-2-1-3-9(11)5-6-12(15)16/h1-4,10H,5-8H2. The first-order valence-electron chi connectivity index (χ1n) is 5.68. The third kappa shape index (κ3) is 2.68. The molecule has 1 heterocycles. The molecule has 2 rings (SSSR count). The molecule has 0 fully saturated rings. The molecule has 96 valence electrons. The summed E-state index contributed by atoms with van der Waals surface area (Å²) in [5.41, 5.74) is 1.78. The number of hydrogen-bond donors (Lipinski definition) is 0. The number of alkyl halides is 1. The molecular weight excluding hydrogens is 256 g/mol. The number of benzene rings is 1. The molecule has 0 aromatic heterocycles. The van der Waals surface area contributed by atoms with Crippen molar-refractivity contribution in [3.8, 4) is 0 Å². The first kappa shape index (κ1) is 13.0. The number of nitroso groups, excluding NO2 is 1. The van der Waals surface area contributed by atoms with Gasteiger partial charge in [0.1, 0.15) is 12.6 Å². The van der Waals surface area contributed by atoms with Gasteiger partial charge in [0.15, 0.2) is 0 Å². The molecule has 0 bridgehead atoms. The van der Waals surface area contributed by atoms with E-state index in [4.69, 9.17) is 16.4 Å². The highest BCUT2D eigenvalue weighted by molar-refractivity contribution is 6.18. The molecule has 0 spiro atoms. The van der Waals surface area contributed by atoms with Crippen molar-refractivity contribution in [1.29, 1.82) is 0 Å². The number of para-hydroxylation sites is 1. The summed E-state index contributed by atoms with van der Waals surface area (Å²) in [6.45, 7) is 0.00702. The minimum absolute atomic E-state index is 0.00702. The highest BCUT2D eigenvalue weighted by Gasteiger charge is 2.25. The monoisotopic (exact) mass is 268 g/mol. The molecule has 0 saturated carbocycles. The Bertz CT molecular complexity index is 453. The van der Waals surface area contributed by atoms with E-state index in [-0.39, 0.29) is 18.4 Å². The number of aryl methyl sites for hydroxylation is 1. The first-order valence-corrected chi connectivity index (χ1v) is 6.22. The van der Waals surface area contributed by atoms with Crippen LogP contribution in [0.4, 0.5) is 5.69 Å². The van der Waals surface area contributed by atoms with Crippen molar-refractivity contribution in [2.75, 3.05) is 17.6 Å². The number of carbonyl (C=O) groups excluding carboxylic acids is 1. The van der Waals surface area contributed by atoms with Gasteiger partial charge in [-0.15, -0.1) is 11.6 Å². The van der Waals surface area contributed by atoms with Gasteiger partial charge in [-0.25, -0.2) is 0 Å². The third-order valence-electron chi connectivity index (χ3n) is 2.77. The fourth-order valence-corrected chi connectivity index (χ4v) is 1.95. The maximum Gasteiger partial charge on any atom is 0.251 e. The molecule has 1 amide bonds. The summed E-state index contributed by atoms with van der Waals surface area (Å²) < 4.78 is 0. The Hall–Kier alpha value is -1.46. The van der Waals surface area contributed by atoms with Crippen LogP contribution in [0.2, 0.25) is 0 Å². The summed E-state index contributed by atoms with van der Waals surface area (Å²) in [6, 6.07) is 6.88. The van der Waals surface area contributed by atoms with Crippen LogP contribution in [0.15, 0.2) is 29.4 Å². The summed E-state index contributed by atoms with van der Waals surface area (Å²) in [4.78, 5) is 27.6. The molecule has 1 aliphatic heterocycles. The lowest BCUT2D eigenvalue weighted by molar-refractivity contribution is -0.126. The van der Waals surface area contributed by atoms with Gasteiger partial charge in [-0.3, -0.25) is 9.63 Å². The predicted octanol–water partition coefficient (Wildman–Crippen LogP) is 2.27. The maximum atomic E-state index is 11.8. The van der Waals surface area contributed by atoms with E-state index in [2.05, 4.69) is 5.18 Å². The maximum absolute atomic E-state index is 11.8. The lowest BCUT2D eigenvalue weighted by atomic mass is 10.0. The van der Waals surface area contributed by atoms with Crippen molar-refractivity contribution in [2.24, 2.45) is 5.18 Å². The van der Waals surface area contributed by atoms with Crippen LogP contribution >= 0.6 is 11.6 Å². The Morgan fingerprint density at radius 3 is 2.89 bits per heavy atom. The van der Waals surface area contributed by atoms with Gasteiger partial charge in [0.25, 0.3) is 5.91 Å². The number of hydroxylamine groups is 1. The number of carbonyl (C=O) groups is 1. The molecule has 0 saturated heterocycles. The van der Waals surface area contributed by atoms with Gasteiger partial charge in [-0.1, -0.05) is 23.4 Å². The largest absolute Gasteiger partial charge is 0.272 e. The van der Waals surface area contributed by atoms with Crippen LogP contribution < -0.4 is 5.06 Å². The number of fused-ring (bicyclic) bond motifs is 1. The van der Waals surface area contributed by atoms with Crippen molar-refractivity contribution in [2.45, 2.75) is 18.9 Å². The molecule has 6 heteroatoms. The van der Waals surface area contributed by atoms with Crippen molar-refractivity contribution >= 4 is 23.2 Å². The van der Waals surface area contributed by atoms with Gasteiger partial charge in [0.05, 0.1) is 11.6 Å². The summed E-state index contributed by atoms with van der Waals surface area (Å²) >= 11 is 5.54. The van der Waals surface area contributed by atoms with Crippen LogP contribution in [-0.4, -0.2) is 24.4 Å². The number of halogens is 1. The summed E-state index contributed by atoms with van der Waals surface area (Å²) in [5, 5.41) is 4.07. The fourth-order valence-electron chi connectivity index (χ4n) is 1.80. The SMILES string of the molecule is O=NC(CCl)CON1C(=O)CCc2ccccc21. The Kier molecular flexibility index (Phi) is 4.28. The average Bonchev–Trinajstić information content (AvgIpc) is 2.42. The predicted molar refractivity (Wildman–Crippen MR) is 68.5 cm³/mol. The van der Waals surface area contributed by atoms with E-state index in [1.54, 1.807) is 0 Å². The highest BCUT2D eigenvalue weighted by Crippen LogP contribution is 2.27. The molecule has 1 atom stereocenters. The molecule has 0 aliphatic carbocycles. The van der Waals surface area contributed by atoms with Gasteiger partial charge in [-0.05, 0) is 18.1 Å². The number of rotatable bonds is 5. The summed E-state index contributed by atoms with van der Waals surface area (Å²) in [6.07, 6.45) is 1.11. The second kappa shape index (κ2) is 5.93. The zero-order valence-electron chi connectivity index (χ0n) is 9.71. The second-order valence-corrected chi connectivity index (χ2v) is 4.33. The Labute approximate surface area is 110 Å². The Morgan fingerprint density at radius 2 is 2.17 bits per heavy atom. The van der Waals surface area contributed by atoms with Crippen LogP contribution in [0.25, 0.3) is 0 Å². The molecule has 1 aromatic carbocycles. The van der Waals surface area contributed by atoms with E-state index in [0.717, 1.165) is 11.3 Å². The molecule has 0 radical (unpaired) electrons. The van der Waals surface area contributed by atoms with Crippen LogP contribution in [-0.2, 0) is 16.1 Å². The molecule has 5 nitrogen and oxygen atoms in total. The third-order valence-corrected chi connectivity index (χ3v) is 3.12. The van der Waals surface area contributed by atoms with E-state index in [1.807, 2.05) is 24.3 Å². The minimum atomic E-state index is -0.645. The Morgan fingerprint density at radius 1 is 1.39 bits per heavy atom. The van der Waals surface area contributed by atoms with Crippen LogP contribution in [0.1, 0.15) is 12.0 Å². The number of hydrogen-bond acceptors (Lipinski definition) is 4. The smallest absolute Gasteiger partial charge is 0.251 e. The summed E-state index contributed by atoms with van der Waals surface area (Å²) in [5.74, 6) is -0.0411. The van der Waals surface area contributed by atoms with Crippen LogP contribution in [0.5, 0.6) is 0 Å². The first-order chi connectivity index (χ1) is 8.76. The molecular formula is C12H13ClN2O3. The summed E-state index contributed by atoms with van der Waals surface area (Å²) in [7, 11) is 0. The quantitative estimate of drug-likeness (QED) is 0.608. The van der Waals surface area contributed by atoms with E-state index in [0.29, 0.717) is 12.8 Å². The van der Waals surface area contributed by atoms with Crippen molar-refractivity contribution < 1.29 is 9.63 Å². The van der Waals surface area contributed by atoms with Gasteiger partial charge in [-0.2, -0.15) is 9.97 Å². The van der Waals surface area contributed by atoms with Crippen LogP contribution in [0.3, 0.4) is 0 Å². The number of anilines is 1. The van der Waals surface area contributed by atoms with Crippen molar-refractivity contribution in [1.82, 2.24) is 0 Å². The lowest BCUT2D eigenvalue weighted by Gasteiger charge is -2.28.